The summed E-state index contributed by atoms with van der Waals surface area (Å²) in [6.45, 7) is 4.83. The van der Waals surface area contributed by atoms with E-state index in [1.807, 2.05) is 18.5 Å². The zero-order valence-electron chi connectivity index (χ0n) is 19.2. The van der Waals surface area contributed by atoms with Gasteiger partial charge in [-0.3, -0.25) is 15.0 Å². The van der Waals surface area contributed by atoms with E-state index in [0.717, 1.165) is 42.0 Å². The minimum absolute atomic E-state index is 0.783. The second-order valence-electron chi connectivity index (χ2n) is 8.84. The van der Waals surface area contributed by atoms with Crippen LogP contribution in [-0.2, 0) is 19.6 Å². The third-order valence-corrected chi connectivity index (χ3v) is 6.39. The highest BCUT2D eigenvalue weighted by atomic mass is 16.5. The lowest BCUT2D eigenvalue weighted by Crippen LogP contribution is -2.29. The molecule has 0 bridgehead atoms. The van der Waals surface area contributed by atoms with Crippen molar-refractivity contribution < 1.29 is 4.74 Å². The summed E-state index contributed by atoms with van der Waals surface area (Å²) in [6, 6.07) is 19.2. The molecule has 0 aliphatic carbocycles. The number of H-pyrrole nitrogens is 1. The summed E-state index contributed by atoms with van der Waals surface area (Å²) in [5, 5.41) is 8.39. The van der Waals surface area contributed by atoms with E-state index in [2.05, 4.69) is 73.5 Å². The van der Waals surface area contributed by atoms with Crippen LogP contribution in [0.4, 0.5) is 5.69 Å². The predicted octanol–water partition coefficient (Wildman–Crippen LogP) is 5.16. The van der Waals surface area contributed by atoms with Crippen LogP contribution < -0.4 is 9.64 Å². The van der Waals surface area contributed by atoms with Crippen molar-refractivity contribution in [2.75, 3.05) is 25.1 Å². The number of pyridine rings is 1. The second-order valence-corrected chi connectivity index (χ2v) is 8.84. The normalized spacial score (nSPS) is 14.5. The smallest absolute Gasteiger partial charge is 0.119 e. The van der Waals surface area contributed by atoms with Crippen molar-refractivity contribution in [2.24, 2.45) is 0 Å². The Morgan fingerprint density at radius 3 is 2.67 bits per heavy atom. The van der Waals surface area contributed by atoms with Crippen LogP contribution in [0.1, 0.15) is 36.1 Å². The molecule has 0 saturated carbocycles. The summed E-state index contributed by atoms with van der Waals surface area (Å²) in [4.78, 5) is 9.62. The molecular formula is C27H31N5O. The Bertz CT molecular complexity index is 1200. The van der Waals surface area contributed by atoms with E-state index in [9.17, 15) is 0 Å². The molecule has 4 aromatic rings. The van der Waals surface area contributed by atoms with Crippen LogP contribution in [0, 0.1) is 0 Å². The maximum absolute atomic E-state index is 5.46. The summed E-state index contributed by atoms with van der Waals surface area (Å²) in [6.07, 6.45) is 7.74. The molecule has 1 aliphatic heterocycles. The van der Waals surface area contributed by atoms with Gasteiger partial charge in [0, 0.05) is 36.9 Å². The van der Waals surface area contributed by atoms with E-state index in [4.69, 9.17) is 4.74 Å². The number of anilines is 1. The number of rotatable bonds is 8. The Balaban J connectivity index is 1.42. The van der Waals surface area contributed by atoms with Crippen LogP contribution in [0.2, 0.25) is 0 Å². The Morgan fingerprint density at radius 2 is 1.82 bits per heavy atom. The van der Waals surface area contributed by atoms with Gasteiger partial charge in [0.05, 0.1) is 24.5 Å². The fourth-order valence-corrected chi connectivity index (χ4v) is 4.63. The topological polar surface area (TPSA) is 57.3 Å². The minimum atomic E-state index is 0.783. The molecule has 5 rings (SSSR count). The molecular weight excluding hydrogens is 410 g/mol. The predicted molar refractivity (Wildman–Crippen MR) is 132 cm³/mol. The average molecular weight is 442 g/mol. The fraction of sp³-hybridized carbons (Fsp3) is 0.333. The van der Waals surface area contributed by atoms with E-state index in [1.165, 1.54) is 49.2 Å². The van der Waals surface area contributed by atoms with Crippen LogP contribution >= 0.6 is 0 Å². The number of ether oxygens (including phenoxy) is 1. The van der Waals surface area contributed by atoms with Crippen LogP contribution in [-0.4, -0.2) is 40.3 Å². The molecule has 33 heavy (non-hydrogen) atoms. The number of aromatic amines is 1. The Labute approximate surface area is 195 Å². The Morgan fingerprint density at radius 1 is 0.970 bits per heavy atom. The van der Waals surface area contributed by atoms with Gasteiger partial charge in [0.25, 0.3) is 0 Å². The molecule has 1 aliphatic rings. The zero-order chi connectivity index (χ0) is 22.5. The molecule has 6 nitrogen and oxygen atoms in total. The van der Waals surface area contributed by atoms with Crippen LogP contribution in [0.3, 0.4) is 0 Å². The molecule has 6 heteroatoms. The lowest BCUT2D eigenvalue weighted by molar-refractivity contribution is 0.218. The lowest BCUT2D eigenvalue weighted by atomic mass is 10.1. The number of fused-ring (bicyclic) bond motifs is 1. The Kier molecular flexibility index (Phi) is 6.53. The number of hydrogen-bond acceptors (Lipinski definition) is 5. The molecule has 0 radical (unpaired) electrons. The number of hydrogen-bond donors (Lipinski definition) is 1. The molecule has 0 spiro atoms. The van der Waals surface area contributed by atoms with Crippen LogP contribution in [0.15, 0.2) is 67.0 Å². The van der Waals surface area contributed by atoms with E-state index in [-0.39, 0.29) is 0 Å². The first-order valence-electron chi connectivity index (χ1n) is 11.7. The van der Waals surface area contributed by atoms with Gasteiger partial charge in [-0.05, 0) is 67.4 Å². The molecule has 1 fully saturated rings. The lowest BCUT2D eigenvalue weighted by Gasteiger charge is -2.28. The first kappa shape index (κ1) is 21.5. The van der Waals surface area contributed by atoms with Crippen molar-refractivity contribution in [3.05, 3.63) is 83.8 Å². The van der Waals surface area contributed by atoms with Crippen molar-refractivity contribution in [3.63, 3.8) is 0 Å². The maximum atomic E-state index is 5.46. The van der Waals surface area contributed by atoms with E-state index in [0.29, 0.717) is 0 Å². The second kappa shape index (κ2) is 10.0. The molecule has 2 aromatic heterocycles. The number of likely N-dealkylation sites (tertiary alicyclic amines) is 1. The number of piperidine rings is 1. The van der Waals surface area contributed by atoms with Crippen molar-refractivity contribution in [2.45, 2.75) is 38.9 Å². The number of nitrogens with zero attached hydrogens (tertiary/aromatic N) is 4. The van der Waals surface area contributed by atoms with Gasteiger partial charge < -0.3 is 9.64 Å². The monoisotopic (exact) mass is 441 g/mol. The summed E-state index contributed by atoms with van der Waals surface area (Å²) in [5.41, 5.74) is 5.84. The highest BCUT2D eigenvalue weighted by Gasteiger charge is 2.14. The van der Waals surface area contributed by atoms with E-state index >= 15 is 0 Å². The molecule has 1 N–H and O–H groups in total. The fourth-order valence-electron chi connectivity index (χ4n) is 4.63. The quantitative estimate of drug-likeness (QED) is 0.409. The van der Waals surface area contributed by atoms with Gasteiger partial charge in [-0.1, -0.05) is 30.7 Å². The number of nitrogens with one attached hydrogen (secondary N) is 1. The highest BCUT2D eigenvalue weighted by molar-refractivity contribution is 5.78. The van der Waals surface area contributed by atoms with Crippen molar-refractivity contribution in [1.82, 2.24) is 20.1 Å². The van der Waals surface area contributed by atoms with Crippen molar-refractivity contribution in [3.8, 4) is 5.75 Å². The van der Waals surface area contributed by atoms with Gasteiger partial charge in [-0.15, -0.1) is 0 Å². The number of benzene rings is 2. The van der Waals surface area contributed by atoms with Crippen LogP contribution in [0.5, 0.6) is 5.75 Å². The Hall–Kier alpha value is -3.38. The number of aromatic nitrogens is 3. The third-order valence-electron chi connectivity index (χ3n) is 6.39. The summed E-state index contributed by atoms with van der Waals surface area (Å²) in [7, 11) is 1.71. The minimum Gasteiger partial charge on any atom is -0.497 e. The highest BCUT2D eigenvalue weighted by Crippen LogP contribution is 2.24. The molecule has 0 amide bonds. The SMILES string of the molecule is COc1cccc(CN(Cc2ccc3cn[nH]c3c2)c2ccnc(CN3CCCCC3)c2)c1. The van der Waals surface area contributed by atoms with Crippen molar-refractivity contribution in [1.29, 1.82) is 0 Å². The first-order valence-corrected chi connectivity index (χ1v) is 11.7. The van der Waals surface area contributed by atoms with E-state index < -0.39 is 0 Å². The molecule has 2 aromatic carbocycles. The maximum Gasteiger partial charge on any atom is 0.119 e. The summed E-state index contributed by atoms with van der Waals surface area (Å²) < 4.78 is 5.46. The van der Waals surface area contributed by atoms with Gasteiger partial charge >= 0.3 is 0 Å². The largest absolute Gasteiger partial charge is 0.497 e. The standard InChI is InChI=1S/C27H31N5O/c1-33-26-7-5-6-21(14-26)18-32(19-22-8-9-23-17-29-30-27(23)15-22)25-10-11-28-24(16-25)20-31-12-3-2-4-13-31/h5-11,14-17H,2-4,12-13,18-20H2,1H3,(H,29,30). The van der Waals surface area contributed by atoms with Crippen molar-refractivity contribution >= 4 is 16.6 Å². The summed E-state index contributed by atoms with van der Waals surface area (Å²) >= 11 is 0. The molecule has 170 valence electrons. The van der Waals surface area contributed by atoms with Gasteiger partial charge in [0.15, 0.2) is 0 Å². The molecule has 1 saturated heterocycles. The average Bonchev–Trinajstić information content (AvgIpc) is 3.33. The summed E-state index contributed by atoms with van der Waals surface area (Å²) in [5.74, 6) is 0.881. The molecule has 3 heterocycles. The first-order chi connectivity index (χ1) is 16.3. The third kappa shape index (κ3) is 5.34. The van der Waals surface area contributed by atoms with E-state index in [1.54, 1.807) is 7.11 Å². The number of methoxy groups -OCH3 is 1. The molecule has 0 atom stereocenters. The van der Waals surface area contributed by atoms with Gasteiger partial charge in [0.1, 0.15) is 5.75 Å². The molecule has 0 unspecified atom stereocenters. The van der Waals surface area contributed by atoms with Gasteiger partial charge in [-0.25, -0.2) is 0 Å². The van der Waals surface area contributed by atoms with Crippen LogP contribution in [0.25, 0.3) is 10.9 Å². The van der Waals surface area contributed by atoms with Gasteiger partial charge in [0.2, 0.25) is 0 Å². The zero-order valence-corrected chi connectivity index (χ0v) is 19.2. The van der Waals surface area contributed by atoms with Gasteiger partial charge in [-0.2, -0.15) is 5.10 Å².